The van der Waals surface area contributed by atoms with Crippen LogP contribution in [0.1, 0.15) is 12.0 Å². The molecule has 1 atom stereocenters. The minimum absolute atomic E-state index is 0.0196. The van der Waals surface area contributed by atoms with Gasteiger partial charge in [-0.2, -0.15) is 20.2 Å². The second-order valence-electron chi connectivity index (χ2n) is 4.91. The fourth-order valence-corrected chi connectivity index (χ4v) is 4.88. The number of carboxylic acid groups (broad SMARTS) is 1. The SMILES string of the molecule is O=C(O)CC1CSCCN1C1=NS(=O)(=O)c2ccccc21. The Morgan fingerprint density at radius 2 is 2.19 bits per heavy atom. The molecule has 1 fully saturated rings. The summed E-state index contributed by atoms with van der Waals surface area (Å²) in [7, 11) is -3.66. The molecule has 0 bridgehead atoms. The number of hydrogen-bond acceptors (Lipinski definition) is 5. The number of rotatable bonds is 2. The predicted molar refractivity (Wildman–Crippen MR) is 80.2 cm³/mol. The number of fused-ring (bicyclic) bond motifs is 1. The molecule has 21 heavy (non-hydrogen) atoms. The van der Waals surface area contributed by atoms with Crippen molar-refractivity contribution in [3.8, 4) is 0 Å². The van der Waals surface area contributed by atoms with Gasteiger partial charge in [0.05, 0.1) is 6.42 Å². The van der Waals surface area contributed by atoms with Crippen LogP contribution in [0.25, 0.3) is 0 Å². The molecule has 0 aromatic heterocycles. The number of thioether (sulfide) groups is 1. The van der Waals surface area contributed by atoms with Gasteiger partial charge in [0.25, 0.3) is 10.0 Å². The minimum Gasteiger partial charge on any atom is -0.481 e. The lowest BCUT2D eigenvalue weighted by Gasteiger charge is -2.36. The number of aliphatic carboxylic acids is 1. The van der Waals surface area contributed by atoms with Gasteiger partial charge >= 0.3 is 5.97 Å². The van der Waals surface area contributed by atoms with E-state index in [9.17, 15) is 13.2 Å². The maximum absolute atomic E-state index is 12.1. The molecule has 6 nitrogen and oxygen atoms in total. The van der Waals surface area contributed by atoms with Crippen LogP contribution in [-0.4, -0.2) is 54.3 Å². The third-order valence-corrected chi connectivity index (χ3v) is 5.94. The van der Waals surface area contributed by atoms with Gasteiger partial charge in [-0.15, -0.1) is 4.40 Å². The van der Waals surface area contributed by atoms with Crippen molar-refractivity contribution in [2.24, 2.45) is 4.40 Å². The molecular weight excluding hydrogens is 312 g/mol. The largest absolute Gasteiger partial charge is 0.481 e. The van der Waals surface area contributed by atoms with Gasteiger partial charge in [-0.25, -0.2) is 0 Å². The van der Waals surface area contributed by atoms with Crippen LogP contribution in [0.4, 0.5) is 0 Å². The highest BCUT2D eigenvalue weighted by Crippen LogP contribution is 2.30. The molecule has 0 aliphatic carbocycles. The number of benzene rings is 1. The monoisotopic (exact) mass is 326 g/mol. The summed E-state index contributed by atoms with van der Waals surface area (Å²) in [6.07, 6.45) is -0.0196. The Bertz CT molecular complexity index is 715. The van der Waals surface area contributed by atoms with Gasteiger partial charge in [0.2, 0.25) is 0 Å². The van der Waals surface area contributed by atoms with Crippen molar-refractivity contribution in [2.75, 3.05) is 18.1 Å². The molecule has 2 heterocycles. The highest BCUT2D eigenvalue weighted by Gasteiger charge is 2.36. The van der Waals surface area contributed by atoms with Crippen LogP contribution >= 0.6 is 11.8 Å². The maximum atomic E-state index is 12.1. The molecule has 112 valence electrons. The zero-order valence-corrected chi connectivity index (χ0v) is 12.7. The summed E-state index contributed by atoms with van der Waals surface area (Å²) < 4.78 is 28.1. The van der Waals surface area contributed by atoms with E-state index in [1.165, 1.54) is 6.07 Å². The zero-order valence-electron chi connectivity index (χ0n) is 11.1. The van der Waals surface area contributed by atoms with Gasteiger partial charge in [0, 0.05) is 29.7 Å². The van der Waals surface area contributed by atoms with Crippen LogP contribution in [0.15, 0.2) is 33.6 Å². The summed E-state index contributed by atoms with van der Waals surface area (Å²) >= 11 is 1.68. The molecule has 3 rings (SSSR count). The van der Waals surface area contributed by atoms with Crippen molar-refractivity contribution < 1.29 is 18.3 Å². The highest BCUT2D eigenvalue weighted by molar-refractivity contribution is 7.99. The minimum atomic E-state index is -3.66. The molecule has 1 aromatic rings. The first-order valence-electron chi connectivity index (χ1n) is 6.49. The molecule has 0 amide bonds. The fourth-order valence-electron chi connectivity index (χ4n) is 2.60. The lowest BCUT2D eigenvalue weighted by molar-refractivity contribution is -0.137. The first-order chi connectivity index (χ1) is 9.99. The summed E-state index contributed by atoms with van der Waals surface area (Å²) in [5.74, 6) is 0.990. The Kier molecular flexibility index (Phi) is 3.66. The topological polar surface area (TPSA) is 87.0 Å². The Hall–Kier alpha value is -1.54. The molecule has 1 N–H and O–H groups in total. The molecule has 1 aromatic carbocycles. The Morgan fingerprint density at radius 1 is 1.43 bits per heavy atom. The Balaban J connectivity index is 2.01. The molecule has 0 saturated carbocycles. The standard InChI is InChI=1S/C13H14N2O4S2/c16-12(17)7-9-8-20-6-5-15(9)13-10-3-1-2-4-11(10)21(18,19)14-13/h1-4,9H,5-8H2,(H,16,17). The van der Waals surface area contributed by atoms with E-state index in [0.29, 0.717) is 23.7 Å². The van der Waals surface area contributed by atoms with E-state index < -0.39 is 16.0 Å². The third-order valence-electron chi connectivity index (χ3n) is 3.52. The molecule has 8 heteroatoms. The first kappa shape index (κ1) is 14.4. The number of carbonyl (C=O) groups is 1. The van der Waals surface area contributed by atoms with E-state index in [1.807, 2.05) is 4.90 Å². The van der Waals surface area contributed by atoms with E-state index in [2.05, 4.69) is 4.40 Å². The summed E-state index contributed by atoms with van der Waals surface area (Å²) in [6, 6.07) is 6.45. The third kappa shape index (κ3) is 2.65. The molecule has 0 radical (unpaired) electrons. The van der Waals surface area contributed by atoms with Crippen LogP contribution in [0, 0.1) is 0 Å². The molecule has 1 saturated heterocycles. The van der Waals surface area contributed by atoms with E-state index in [1.54, 1.807) is 30.0 Å². The molecule has 1 unspecified atom stereocenters. The number of amidine groups is 1. The van der Waals surface area contributed by atoms with Crippen LogP contribution in [0.5, 0.6) is 0 Å². The van der Waals surface area contributed by atoms with Gasteiger partial charge < -0.3 is 10.0 Å². The quantitative estimate of drug-likeness (QED) is 0.873. The van der Waals surface area contributed by atoms with Gasteiger partial charge in [-0.05, 0) is 12.1 Å². The van der Waals surface area contributed by atoms with Crippen molar-refractivity contribution >= 4 is 33.6 Å². The normalized spacial score (nSPS) is 23.5. The lowest BCUT2D eigenvalue weighted by atomic mass is 10.1. The summed E-state index contributed by atoms with van der Waals surface area (Å²) in [4.78, 5) is 13.0. The second-order valence-corrected chi connectivity index (χ2v) is 7.63. The van der Waals surface area contributed by atoms with Crippen LogP contribution in [0.3, 0.4) is 0 Å². The summed E-state index contributed by atoms with van der Waals surface area (Å²) in [5, 5.41) is 9.03. The molecule has 0 spiro atoms. The highest BCUT2D eigenvalue weighted by atomic mass is 32.2. The van der Waals surface area contributed by atoms with Crippen molar-refractivity contribution in [3.05, 3.63) is 29.8 Å². The Labute approximate surface area is 126 Å². The van der Waals surface area contributed by atoms with Gasteiger partial charge in [0.1, 0.15) is 4.90 Å². The average Bonchev–Trinajstić information content (AvgIpc) is 2.71. The number of sulfonamides is 1. The smallest absolute Gasteiger partial charge is 0.305 e. The zero-order chi connectivity index (χ0) is 15.0. The lowest BCUT2D eigenvalue weighted by Crippen LogP contribution is -2.47. The number of carboxylic acids is 1. The van der Waals surface area contributed by atoms with Gasteiger partial charge in [-0.3, -0.25) is 4.79 Å². The summed E-state index contributed by atoms with van der Waals surface area (Å²) in [5.41, 5.74) is 0.569. The van der Waals surface area contributed by atoms with Crippen LogP contribution in [-0.2, 0) is 14.8 Å². The molecular formula is C13H14N2O4S2. The first-order valence-corrected chi connectivity index (χ1v) is 9.09. The van der Waals surface area contributed by atoms with Gasteiger partial charge in [-0.1, -0.05) is 12.1 Å². The molecule has 2 aliphatic rings. The van der Waals surface area contributed by atoms with E-state index in [4.69, 9.17) is 5.11 Å². The van der Waals surface area contributed by atoms with E-state index >= 15 is 0 Å². The second kappa shape index (κ2) is 5.34. The maximum Gasteiger partial charge on any atom is 0.305 e. The average molecular weight is 326 g/mol. The van der Waals surface area contributed by atoms with Gasteiger partial charge in [0.15, 0.2) is 5.84 Å². The molecule has 2 aliphatic heterocycles. The van der Waals surface area contributed by atoms with Crippen LogP contribution in [0.2, 0.25) is 0 Å². The fraction of sp³-hybridized carbons (Fsp3) is 0.385. The van der Waals surface area contributed by atoms with Crippen molar-refractivity contribution in [2.45, 2.75) is 17.4 Å². The van der Waals surface area contributed by atoms with Crippen LogP contribution < -0.4 is 0 Å². The number of nitrogens with zero attached hydrogens (tertiary/aromatic N) is 2. The van der Waals surface area contributed by atoms with Crippen molar-refractivity contribution in [3.63, 3.8) is 0 Å². The van der Waals surface area contributed by atoms with Crippen molar-refractivity contribution in [1.29, 1.82) is 0 Å². The van der Waals surface area contributed by atoms with Crippen molar-refractivity contribution in [1.82, 2.24) is 4.90 Å². The van der Waals surface area contributed by atoms with E-state index in [0.717, 1.165) is 5.75 Å². The summed E-state index contributed by atoms with van der Waals surface area (Å²) in [6.45, 7) is 0.602. The number of hydrogen-bond donors (Lipinski definition) is 1. The Morgan fingerprint density at radius 3 is 2.95 bits per heavy atom. The van der Waals surface area contributed by atoms with E-state index in [-0.39, 0.29) is 17.4 Å². The predicted octanol–water partition coefficient (Wildman–Crippen LogP) is 1.03.